The second kappa shape index (κ2) is 9.92. The van der Waals surface area contributed by atoms with Crippen LogP contribution in [0.15, 0.2) is 53.4 Å². The Morgan fingerprint density at radius 3 is 2.45 bits per heavy atom. The molecule has 0 saturated heterocycles. The highest BCUT2D eigenvalue weighted by Gasteiger charge is 2.33. The number of hydrogen-bond acceptors (Lipinski definition) is 6. The largest absolute Gasteiger partial charge is 0.456 e. The summed E-state index contributed by atoms with van der Waals surface area (Å²) in [5, 5.41) is 13.1. The van der Waals surface area contributed by atoms with E-state index in [4.69, 9.17) is 4.74 Å². The normalized spacial score (nSPS) is 11.0. The van der Waals surface area contributed by atoms with E-state index in [1.165, 1.54) is 11.8 Å². The standard InChI is InChI=1S/C18H15F3N2O5S/c19-18(20,21)12-6-7-14(15(10-12)23(26)27)22-16(24)11-28-17(25)8-9-29-13-4-2-1-3-5-13/h1-7,10H,8-9,11H2,(H,22,24). The Bertz CT molecular complexity index is 891. The van der Waals surface area contributed by atoms with Crippen LogP contribution in [-0.4, -0.2) is 29.2 Å². The lowest BCUT2D eigenvalue weighted by molar-refractivity contribution is -0.384. The van der Waals surface area contributed by atoms with Crippen molar-refractivity contribution >= 4 is 35.0 Å². The van der Waals surface area contributed by atoms with E-state index in [0.717, 1.165) is 11.0 Å². The minimum absolute atomic E-state index is 0.0350. The molecule has 2 rings (SSSR count). The van der Waals surface area contributed by atoms with Crippen LogP contribution in [0.5, 0.6) is 0 Å². The van der Waals surface area contributed by atoms with E-state index < -0.39 is 46.5 Å². The molecule has 0 unspecified atom stereocenters. The van der Waals surface area contributed by atoms with Crippen LogP contribution in [0.2, 0.25) is 0 Å². The van der Waals surface area contributed by atoms with Crippen molar-refractivity contribution in [1.82, 2.24) is 0 Å². The predicted octanol–water partition coefficient (Wildman–Crippen LogP) is 4.28. The zero-order valence-electron chi connectivity index (χ0n) is 14.8. The average molecular weight is 428 g/mol. The van der Waals surface area contributed by atoms with Crippen molar-refractivity contribution in [2.45, 2.75) is 17.5 Å². The maximum absolute atomic E-state index is 12.7. The van der Waals surface area contributed by atoms with E-state index in [0.29, 0.717) is 17.9 Å². The van der Waals surface area contributed by atoms with Gasteiger partial charge in [-0.25, -0.2) is 0 Å². The van der Waals surface area contributed by atoms with E-state index in [1.54, 1.807) is 0 Å². The van der Waals surface area contributed by atoms with Crippen LogP contribution < -0.4 is 5.32 Å². The monoisotopic (exact) mass is 428 g/mol. The highest BCUT2D eigenvalue weighted by atomic mass is 32.2. The first-order valence-electron chi connectivity index (χ1n) is 8.16. The first-order valence-corrected chi connectivity index (χ1v) is 9.14. The van der Waals surface area contributed by atoms with Gasteiger partial charge in [-0.05, 0) is 24.3 Å². The predicted molar refractivity (Wildman–Crippen MR) is 99.5 cm³/mol. The van der Waals surface area contributed by atoms with Gasteiger partial charge in [0.1, 0.15) is 5.69 Å². The molecule has 0 bridgehead atoms. The van der Waals surface area contributed by atoms with Crippen LogP contribution in [0.25, 0.3) is 0 Å². The average Bonchev–Trinajstić information content (AvgIpc) is 2.66. The number of carbonyl (C=O) groups is 2. The molecule has 154 valence electrons. The fourth-order valence-electron chi connectivity index (χ4n) is 2.14. The lowest BCUT2D eigenvalue weighted by Gasteiger charge is -2.10. The summed E-state index contributed by atoms with van der Waals surface area (Å²) in [6.45, 7) is -0.715. The number of alkyl halides is 3. The highest BCUT2D eigenvalue weighted by Crippen LogP contribution is 2.34. The second-order valence-electron chi connectivity index (χ2n) is 5.61. The van der Waals surface area contributed by atoms with Gasteiger partial charge in [-0.1, -0.05) is 18.2 Å². The SMILES string of the molecule is O=C(COC(=O)CCSc1ccccc1)Nc1ccc(C(F)(F)F)cc1[N+](=O)[O-]. The zero-order chi connectivity index (χ0) is 21.4. The van der Waals surface area contributed by atoms with Crippen LogP contribution in [0.1, 0.15) is 12.0 Å². The van der Waals surface area contributed by atoms with Crippen LogP contribution in [0.3, 0.4) is 0 Å². The molecule has 0 atom stereocenters. The van der Waals surface area contributed by atoms with Gasteiger partial charge in [-0.3, -0.25) is 19.7 Å². The van der Waals surface area contributed by atoms with Crippen molar-refractivity contribution in [2.24, 2.45) is 0 Å². The summed E-state index contributed by atoms with van der Waals surface area (Å²) in [4.78, 5) is 34.4. The molecule has 1 N–H and O–H groups in total. The lowest BCUT2D eigenvalue weighted by Crippen LogP contribution is -2.21. The summed E-state index contributed by atoms with van der Waals surface area (Å²) >= 11 is 1.43. The molecule has 0 aliphatic carbocycles. The molecule has 1 amide bonds. The van der Waals surface area contributed by atoms with Crippen LogP contribution in [0, 0.1) is 10.1 Å². The minimum atomic E-state index is -4.76. The second-order valence-corrected chi connectivity index (χ2v) is 6.78. The third-order valence-electron chi connectivity index (χ3n) is 3.48. The zero-order valence-corrected chi connectivity index (χ0v) is 15.6. The Labute approximate surface area is 167 Å². The van der Waals surface area contributed by atoms with Crippen LogP contribution in [0.4, 0.5) is 24.5 Å². The van der Waals surface area contributed by atoms with Crippen molar-refractivity contribution in [2.75, 3.05) is 17.7 Å². The molecule has 0 radical (unpaired) electrons. The Balaban J connectivity index is 1.85. The Hall–Kier alpha value is -3.08. The van der Waals surface area contributed by atoms with E-state index >= 15 is 0 Å². The topological polar surface area (TPSA) is 98.5 Å². The molecular formula is C18H15F3N2O5S. The molecule has 0 aliphatic rings. The van der Waals surface area contributed by atoms with Crippen molar-refractivity contribution in [3.8, 4) is 0 Å². The smallest absolute Gasteiger partial charge is 0.416 e. The van der Waals surface area contributed by atoms with Gasteiger partial charge in [0.15, 0.2) is 6.61 Å². The quantitative estimate of drug-likeness (QED) is 0.292. The van der Waals surface area contributed by atoms with Crippen molar-refractivity contribution in [3.63, 3.8) is 0 Å². The third kappa shape index (κ3) is 7.11. The number of carbonyl (C=O) groups excluding carboxylic acids is 2. The van der Waals surface area contributed by atoms with Gasteiger partial charge in [-0.2, -0.15) is 13.2 Å². The number of benzene rings is 2. The molecule has 11 heteroatoms. The van der Waals surface area contributed by atoms with Crippen molar-refractivity contribution in [3.05, 3.63) is 64.2 Å². The molecule has 7 nitrogen and oxygen atoms in total. The maximum Gasteiger partial charge on any atom is 0.416 e. The number of nitrogens with one attached hydrogen (secondary N) is 1. The number of hydrogen-bond donors (Lipinski definition) is 1. The molecule has 2 aromatic rings. The molecule has 0 aromatic heterocycles. The van der Waals surface area contributed by atoms with Gasteiger partial charge in [-0.15, -0.1) is 11.8 Å². The summed E-state index contributed by atoms with van der Waals surface area (Å²) in [6.07, 6.45) is -4.73. The summed E-state index contributed by atoms with van der Waals surface area (Å²) < 4.78 is 42.8. The molecular weight excluding hydrogens is 413 g/mol. The molecule has 0 saturated carbocycles. The third-order valence-corrected chi connectivity index (χ3v) is 4.49. The number of rotatable bonds is 8. The number of halogens is 3. The number of nitro benzene ring substituents is 1. The minimum Gasteiger partial charge on any atom is -0.456 e. The Kier molecular flexibility index (Phi) is 7.59. The van der Waals surface area contributed by atoms with E-state index in [9.17, 15) is 32.9 Å². The molecule has 0 heterocycles. The molecule has 2 aromatic carbocycles. The number of ether oxygens (including phenoxy) is 1. The van der Waals surface area contributed by atoms with Gasteiger partial charge in [0.05, 0.1) is 16.9 Å². The number of anilines is 1. The van der Waals surface area contributed by atoms with Crippen molar-refractivity contribution < 1.29 is 32.4 Å². The fraction of sp³-hybridized carbons (Fsp3) is 0.222. The Morgan fingerprint density at radius 1 is 1.14 bits per heavy atom. The Morgan fingerprint density at radius 2 is 1.83 bits per heavy atom. The van der Waals surface area contributed by atoms with Gasteiger partial charge in [0, 0.05) is 16.7 Å². The van der Waals surface area contributed by atoms with Crippen LogP contribution in [-0.2, 0) is 20.5 Å². The van der Waals surface area contributed by atoms with Crippen LogP contribution >= 0.6 is 11.8 Å². The van der Waals surface area contributed by atoms with Gasteiger partial charge < -0.3 is 10.1 Å². The highest BCUT2D eigenvalue weighted by molar-refractivity contribution is 7.99. The number of nitro groups is 1. The van der Waals surface area contributed by atoms with Gasteiger partial charge in [0.25, 0.3) is 11.6 Å². The first kappa shape index (κ1) is 22.2. The summed E-state index contributed by atoms with van der Waals surface area (Å²) in [6, 6.07) is 11.0. The van der Waals surface area contributed by atoms with E-state index in [-0.39, 0.29) is 6.42 Å². The van der Waals surface area contributed by atoms with Crippen molar-refractivity contribution in [1.29, 1.82) is 0 Å². The molecule has 0 fully saturated rings. The summed E-state index contributed by atoms with van der Waals surface area (Å²) in [5.74, 6) is -1.13. The number of thioether (sulfide) groups is 1. The van der Waals surface area contributed by atoms with E-state index in [2.05, 4.69) is 5.32 Å². The molecule has 0 spiro atoms. The number of esters is 1. The van der Waals surface area contributed by atoms with Gasteiger partial charge in [0.2, 0.25) is 0 Å². The molecule has 29 heavy (non-hydrogen) atoms. The fourth-order valence-corrected chi connectivity index (χ4v) is 2.99. The summed E-state index contributed by atoms with van der Waals surface area (Å²) in [7, 11) is 0. The van der Waals surface area contributed by atoms with Gasteiger partial charge >= 0.3 is 12.1 Å². The molecule has 0 aliphatic heterocycles. The van der Waals surface area contributed by atoms with E-state index in [1.807, 2.05) is 30.3 Å². The first-order chi connectivity index (χ1) is 13.7. The number of nitrogens with zero attached hydrogens (tertiary/aromatic N) is 1. The maximum atomic E-state index is 12.7. The lowest BCUT2D eigenvalue weighted by atomic mass is 10.1. The summed E-state index contributed by atoms with van der Waals surface area (Å²) in [5.41, 5.74) is -2.56. The number of amides is 1.